The Hall–Kier alpha value is -0.740. The standard InChI is InChI=1S/C16H23BrN2O/c1-12-10-18-8-4-3-5-13(18)11-19(12)16-9-14(20-2)6-7-15(16)17/h6-7,9,12-13H,3-5,8,10-11H2,1-2H3. The summed E-state index contributed by atoms with van der Waals surface area (Å²) in [6.45, 7) is 5.92. The van der Waals surface area contributed by atoms with Crippen molar-refractivity contribution in [3.63, 3.8) is 0 Å². The molecule has 0 bridgehead atoms. The molecule has 0 aliphatic carbocycles. The summed E-state index contributed by atoms with van der Waals surface area (Å²) in [4.78, 5) is 5.22. The van der Waals surface area contributed by atoms with Crippen LogP contribution in [0, 0.1) is 0 Å². The van der Waals surface area contributed by atoms with E-state index < -0.39 is 0 Å². The minimum Gasteiger partial charge on any atom is -0.497 e. The number of nitrogens with zero attached hydrogens (tertiary/aromatic N) is 2. The maximum atomic E-state index is 5.38. The zero-order chi connectivity index (χ0) is 14.1. The molecular formula is C16H23BrN2O. The minimum atomic E-state index is 0.549. The van der Waals surface area contributed by atoms with E-state index in [2.05, 4.69) is 44.8 Å². The molecule has 0 N–H and O–H groups in total. The predicted octanol–water partition coefficient (Wildman–Crippen LogP) is 3.52. The average molecular weight is 339 g/mol. The number of methoxy groups -OCH3 is 1. The molecule has 1 aromatic carbocycles. The van der Waals surface area contributed by atoms with E-state index in [1.807, 2.05) is 6.07 Å². The van der Waals surface area contributed by atoms with Crippen molar-refractivity contribution in [2.24, 2.45) is 0 Å². The Morgan fingerprint density at radius 3 is 2.90 bits per heavy atom. The average Bonchev–Trinajstić information content (AvgIpc) is 2.47. The Kier molecular flexibility index (Phi) is 4.22. The molecule has 2 unspecified atom stereocenters. The van der Waals surface area contributed by atoms with Crippen LogP contribution in [-0.2, 0) is 0 Å². The third-order valence-electron chi connectivity index (χ3n) is 4.65. The summed E-state index contributed by atoms with van der Waals surface area (Å²) in [5.74, 6) is 0.932. The van der Waals surface area contributed by atoms with E-state index in [1.54, 1.807) is 7.11 Å². The quantitative estimate of drug-likeness (QED) is 0.820. The van der Waals surface area contributed by atoms with Crippen LogP contribution in [0.1, 0.15) is 26.2 Å². The normalized spacial score (nSPS) is 27.2. The van der Waals surface area contributed by atoms with E-state index in [4.69, 9.17) is 4.74 Å². The topological polar surface area (TPSA) is 15.7 Å². The van der Waals surface area contributed by atoms with Gasteiger partial charge in [-0.15, -0.1) is 0 Å². The van der Waals surface area contributed by atoms with Crippen molar-refractivity contribution in [2.75, 3.05) is 31.6 Å². The van der Waals surface area contributed by atoms with Gasteiger partial charge in [0.05, 0.1) is 12.8 Å². The van der Waals surface area contributed by atoms with Crippen molar-refractivity contribution >= 4 is 21.6 Å². The van der Waals surface area contributed by atoms with Crippen LogP contribution in [0.3, 0.4) is 0 Å². The van der Waals surface area contributed by atoms with Gasteiger partial charge in [-0.25, -0.2) is 0 Å². The zero-order valence-corrected chi connectivity index (χ0v) is 13.9. The first kappa shape index (κ1) is 14.2. The number of anilines is 1. The Morgan fingerprint density at radius 2 is 2.10 bits per heavy atom. The Bertz CT molecular complexity index is 480. The number of benzene rings is 1. The summed E-state index contributed by atoms with van der Waals surface area (Å²) >= 11 is 3.70. The molecule has 0 aromatic heterocycles. The van der Waals surface area contributed by atoms with Crippen LogP contribution in [0.15, 0.2) is 22.7 Å². The molecule has 0 amide bonds. The van der Waals surface area contributed by atoms with E-state index in [9.17, 15) is 0 Å². The van der Waals surface area contributed by atoms with Crippen molar-refractivity contribution < 1.29 is 4.74 Å². The Morgan fingerprint density at radius 1 is 1.25 bits per heavy atom. The van der Waals surface area contributed by atoms with Crippen LogP contribution >= 0.6 is 15.9 Å². The molecule has 2 aliphatic rings. The van der Waals surface area contributed by atoms with Gasteiger partial charge in [0.1, 0.15) is 5.75 Å². The number of hydrogen-bond donors (Lipinski definition) is 0. The van der Waals surface area contributed by atoms with Crippen LogP contribution < -0.4 is 9.64 Å². The third kappa shape index (κ3) is 2.68. The monoisotopic (exact) mass is 338 g/mol. The second kappa shape index (κ2) is 5.94. The number of hydrogen-bond acceptors (Lipinski definition) is 3. The lowest BCUT2D eigenvalue weighted by molar-refractivity contribution is 0.115. The molecule has 0 saturated carbocycles. The number of halogens is 1. The smallest absolute Gasteiger partial charge is 0.121 e. The largest absolute Gasteiger partial charge is 0.497 e. The first-order chi connectivity index (χ1) is 9.69. The zero-order valence-electron chi connectivity index (χ0n) is 12.3. The van der Waals surface area contributed by atoms with E-state index in [-0.39, 0.29) is 0 Å². The fourth-order valence-electron chi connectivity index (χ4n) is 3.53. The van der Waals surface area contributed by atoms with Gasteiger partial charge in [-0.3, -0.25) is 4.90 Å². The van der Waals surface area contributed by atoms with Gasteiger partial charge in [0.25, 0.3) is 0 Å². The summed E-state index contributed by atoms with van der Waals surface area (Å²) < 4.78 is 6.55. The van der Waals surface area contributed by atoms with Crippen molar-refractivity contribution in [3.8, 4) is 5.75 Å². The van der Waals surface area contributed by atoms with E-state index in [0.717, 1.165) is 22.8 Å². The summed E-state index contributed by atoms with van der Waals surface area (Å²) in [5, 5.41) is 0. The first-order valence-electron chi connectivity index (χ1n) is 7.53. The fraction of sp³-hybridized carbons (Fsp3) is 0.625. The second-order valence-electron chi connectivity index (χ2n) is 5.96. The molecule has 2 atom stereocenters. The lowest BCUT2D eigenvalue weighted by atomic mass is 9.96. The van der Waals surface area contributed by atoms with Crippen LogP contribution in [0.5, 0.6) is 5.75 Å². The fourth-order valence-corrected chi connectivity index (χ4v) is 4.00. The molecule has 20 heavy (non-hydrogen) atoms. The predicted molar refractivity (Wildman–Crippen MR) is 86.7 cm³/mol. The van der Waals surface area contributed by atoms with Crippen LogP contribution in [-0.4, -0.2) is 43.7 Å². The van der Waals surface area contributed by atoms with Crippen LogP contribution in [0.25, 0.3) is 0 Å². The molecule has 3 nitrogen and oxygen atoms in total. The van der Waals surface area contributed by atoms with E-state index >= 15 is 0 Å². The van der Waals surface area contributed by atoms with Gasteiger partial charge in [-0.05, 0) is 54.4 Å². The highest BCUT2D eigenvalue weighted by molar-refractivity contribution is 9.10. The van der Waals surface area contributed by atoms with Crippen molar-refractivity contribution in [1.82, 2.24) is 4.90 Å². The number of fused-ring (bicyclic) bond motifs is 1. The molecule has 2 saturated heterocycles. The molecule has 1 aromatic rings. The lowest BCUT2D eigenvalue weighted by Gasteiger charge is -2.48. The van der Waals surface area contributed by atoms with E-state index in [1.165, 1.54) is 38.0 Å². The van der Waals surface area contributed by atoms with Gasteiger partial charge in [0.2, 0.25) is 0 Å². The van der Waals surface area contributed by atoms with Crippen LogP contribution in [0.2, 0.25) is 0 Å². The highest BCUT2D eigenvalue weighted by Gasteiger charge is 2.33. The molecule has 0 radical (unpaired) electrons. The molecule has 4 heteroatoms. The minimum absolute atomic E-state index is 0.549. The summed E-state index contributed by atoms with van der Waals surface area (Å²) in [5.41, 5.74) is 1.27. The maximum absolute atomic E-state index is 5.38. The summed E-state index contributed by atoms with van der Waals surface area (Å²) in [6, 6.07) is 7.52. The highest BCUT2D eigenvalue weighted by atomic mass is 79.9. The maximum Gasteiger partial charge on any atom is 0.121 e. The van der Waals surface area contributed by atoms with Gasteiger partial charge < -0.3 is 9.64 Å². The third-order valence-corrected chi connectivity index (χ3v) is 5.32. The van der Waals surface area contributed by atoms with Gasteiger partial charge in [0, 0.05) is 35.7 Å². The van der Waals surface area contributed by atoms with Crippen molar-refractivity contribution in [1.29, 1.82) is 0 Å². The lowest BCUT2D eigenvalue weighted by Crippen LogP contribution is -2.58. The Labute approximate surface area is 130 Å². The van der Waals surface area contributed by atoms with Gasteiger partial charge in [-0.1, -0.05) is 6.42 Å². The second-order valence-corrected chi connectivity index (χ2v) is 6.82. The summed E-state index contributed by atoms with van der Waals surface area (Å²) in [7, 11) is 1.73. The van der Waals surface area contributed by atoms with E-state index in [0.29, 0.717) is 6.04 Å². The summed E-state index contributed by atoms with van der Waals surface area (Å²) in [6.07, 6.45) is 4.08. The number of piperidine rings is 1. The van der Waals surface area contributed by atoms with Gasteiger partial charge in [-0.2, -0.15) is 0 Å². The van der Waals surface area contributed by atoms with Gasteiger partial charge >= 0.3 is 0 Å². The molecule has 3 rings (SSSR count). The molecule has 2 aliphatic heterocycles. The first-order valence-corrected chi connectivity index (χ1v) is 8.32. The SMILES string of the molecule is COc1ccc(Br)c(N2CC3CCCCN3CC2C)c1. The van der Waals surface area contributed by atoms with Gasteiger partial charge in [0.15, 0.2) is 0 Å². The highest BCUT2D eigenvalue weighted by Crippen LogP contribution is 2.35. The van der Waals surface area contributed by atoms with Crippen LogP contribution in [0.4, 0.5) is 5.69 Å². The van der Waals surface area contributed by atoms with Crippen molar-refractivity contribution in [3.05, 3.63) is 22.7 Å². The van der Waals surface area contributed by atoms with Crippen molar-refractivity contribution in [2.45, 2.75) is 38.3 Å². The molecule has 110 valence electrons. The molecular weight excluding hydrogens is 316 g/mol. The Balaban J connectivity index is 1.85. The molecule has 2 fully saturated rings. The number of ether oxygens (including phenoxy) is 1. The number of piperazine rings is 1. The number of rotatable bonds is 2. The molecule has 2 heterocycles. The molecule has 0 spiro atoms.